The lowest BCUT2D eigenvalue weighted by Crippen LogP contribution is -2.25. The summed E-state index contributed by atoms with van der Waals surface area (Å²) in [6.07, 6.45) is 2.22. The third-order valence-corrected chi connectivity index (χ3v) is 6.85. The van der Waals surface area contributed by atoms with Crippen molar-refractivity contribution in [3.8, 4) is 0 Å². The van der Waals surface area contributed by atoms with E-state index in [-0.39, 0.29) is 30.0 Å². The predicted molar refractivity (Wildman–Crippen MR) is 138 cm³/mol. The summed E-state index contributed by atoms with van der Waals surface area (Å²) < 4.78 is 0. The molecule has 10 heteroatoms. The fraction of sp³-hybridized carbons (Fsp3) is 0.320. The van der Waals surface area contributed by atoms with Crippen LogP contribution in [0.3, 0.4) is 0 Å². The van der Waals surface area contributed by atoms with E-state index in [9.17, 15) is 19.2 Å². The Kier molecular flexibility index (Phi) is 7.50. The minimum absolute atomic E-state index is 0.0336. The average Bonchev–Trinajstić information content (AvgIpc) is 3.46. The quantitative estimate of drug-likeness (QED) is 0.565. The van der Waals surface area contributed by atoms with Crippen LogP contribution in [0.1, 0.15) is 42.1 Å². The van der Waals surface area contributed by atoms with Gasteiger partial charge in [0.1, 0.15) is 5.25 Å². The van der Waals surface area contributed by atoms with Gasteiger partial charge in [0.05, 0.1) is 11.4 Å². The minimum atomic E-state index is -0.511. The van der Waals surface area contributed by atoms with E-state index in [1.807, 2.05) is 13.0 Å². The molecule has 0 aromatic heterocycles. The lowest BCUT2D eigenvalue weighted by Gasteiger charge is -2.16. The Morgan fingerprint density at radius 1 is 1.00 bits per heavy atom. The Morgan fingerprint density at radius 2 is 1.71 bits per heavy atom. The molecule has 0 spiro atoms. The summed E-state index contributed by atoms with van der Waals surface area (Å²) in [5.41, 5.74) is 2.86. The van der Waals surface area contributed by atoms with Gasteiger partial charge in [-0.05, 0) is 61.7 Å². The molecule has 1 atom stereocenters. The number of aliphatic imine (C=N–C) groups is 1. The molecular weight excluding hydrogens is 466 g/mol. The third kappa shape index (κ3) is 6.27. The summed E-state index contributed by atoms with van der Waals surface area (Å²) >= 11 is 1.35. The number of nitrogens with zero attached hydrogens (tertiary/aromatic N) is 2. The summed E-state index contributed by atoms with van der Waals surface area (Å²) in [5.74, 6) is -1.14. The second-order valence-corrected chi connectivity index (χ2v) is 9.72. The number of thioether (sulfide) groups is 1. The highest BCUT2D eigenvalue weighted by Gasteiger charge is 2.33. The molecule has 2 heterocycles. The van der Waals surface area contributed by atoms with Gasteiger partial charge in [0.2, 0.25) is 11.8 Å². The number of hydrogen-bond acceptors (Lipinski definition) is 6. The number of hydrogen-bond donors (Lipinski definition) is 3. The van der Waals surface area contributed by atoms with Crippen LogP contribution in [0.15, 0.2) is 47.5 Å². The maximum atomic E-state index is 12.7. The number of aryl methyl sites for hydroxylation is 1. The van der Waals surface area contributed by atoms with Crippen LogP contribution in [0, 0.1) is 6.92 Å². The second kappa shape index (κ2) is 10.7. The molecule has 9 nitrogen and oxygen atoms in total. The number of carbonyl (C=O) groups is 4. The van der Waals surface area contributed by atoms with Crippen LogP contribution in [0.4, 0.5) is 17.1 Å². The number of anilines is 3. The van der Waals surface area contributed by atoms with E-state index in [0.29, 0.717) is 22.6 Å². The van der Waals surface area contributed by atoms with E-state index in [1.165, 1.54) is 18.7 Å². The lowest BCUT2D eigenvalue weighted by atomic mass is 10.1. The van der Waals surface area contributed by atoms with Gasteiger partial charge in [-0.3, -0.25) is 19.2 Å². The Hall–Kier alpha value is -3.66. The predicted octanol–water partition coefficient (Wildman–Crippen LogP) is 3.63. The normalized spacial score (nSPS) is 17.2. The molecule has 1 unspecified atom stereocenters. The zero-order chi connectivity index (χ0) is 24.9. The van der Waals surface area contributed by atoms with Crippen LogP contribution < -0.4 is 16.0 Å². The van der Waals surface area contributed by atoms with Crippen LogP contribution in [-0.4, -0.2) is 52.0 Å². The standard InChI is InChI=1S/C25H27N5O4S/c1-15-5-10-19(26-16(2)31)20(13-15)28-23(33)17-6-8-18(9-7-17)27-22(32)14-21-24(34)29-25(35-21)30-11-3-4-12-30/h5-10,13,21H,3-4,11-12,14H2,1-2H3,(H,26,31)(H,27,32)(H,28,33). The Labute approximate surface area is 207 Å². The maximum absolute atomic E-state index is 12.7. The zero-order valence-corrected chi connectivity index (χ0v) is 20.4. The number of rotatable bonds is 6. The molecule has 0 radical (unpaired) electrons. The van der Waals surface area contributed by atoms with E-state index in [4.69, 9.17) is 0 Å². The van der Waals surface area contributed by atoms with E-state index in [2.05, 4.69) is 25.8 Å². The SMILES string of the molecule is CC(=O)Nc1ccc(C)cc1NC(=O)c1ccc(NC(=O)CC2SC(N3CCCC3)=NC2=O)cc1. The smallest absolute Gasteiger partial charge is 0.262 e. The fourth-order valence-electron chi connectivity index (χ4n) is 3.89. The van der Waals surface area contributed by atoms with Crippen molar-refractivity contribution in [3.63, 3.8) is 0 Å². The molecule has 2 aliphatic heterocycles. The van der Waals surface area contributed by atoms with Crippen LogP contribution in [0.25, 0.3) is 0 Å². The average molecular weight is 494 g/mol. The Balaban J connectivity index is 1.32. The van der Waals surface area contributed by atoms with Gasteiger partial charge in [0, 0.05) is 37.7 Å². The van der Waals surface area contributed by atoms with Gasteiger partial charge in [0.15, 0.2) is 5.17 Å². The molecule has 2 aliphatic rings. The zero-order valence-electron chi connectivity index (χ0n) is 19.6. The van der Waals surface area contributed by atoms with Crippen molar-refractivity contribution in [2.24, 2.45) is 4.99 Å². The Bertz CT molecular complexity index is 1190. The first-order chi connectivity index (χ1) is 16.8. The third-order valence-electron chi connectivity index (χ3n) is 5.64. The molecule has 3 N–H and O–H groups in total. The number of amides is 4. The van der Waals surface area contributed by atoms with E-state index in [1.54, 1.807) is 36.4 Å². The van der Waals surface area contributed by atoms with Gasteiger partial charge in [-0.25, -0.2) is 0 Å². The van der Waals surface area contributed by atoms with Crippen molar-refractivity contribution in [3.05, 3.63) is 53.6 Å². The molecule has 0 aliphatic carbocycles. The van der Waals surface area contributed by atoms with Gasteiger partial charge >= 0.3 is 0 Å². The Morgan fingerprint density at radius 3 is 2.40 bits per heavy atom. The van der Waals surface area contributed by atoms with Crippen molar-refractivity contribution in [2.45, 2.75) is 38.4 Å². The number of carbonyl (C=O) groups excluding carboxylic acids is 4. The van der Waals surface area contributed by atoms with Gasteiger partial charge in [0.25, 0.3) is 11.8 Å². The first kappa shape index (κ1) is 24.5. The van der Waals surface area contributed by atoms with E-state index < -0.39 is 5.25 Å². The van der Waals surface area contributed by atoms with Crippen LogP contribution in [0.2, 0.25) is 0 Å². The summed E-state index contributed by atoms with van der Waals surface area (Å²) in [6.45, 7) is 5.09. The van der Waals surface area contributed by atoms with Crippen molar-refractivity contribution in [1.29, 1.82) is 0 Å². The van der Waals surface area contributed by atoms with Crippen molar-refractivity contribution in [2.75, 3.05) is 29.0 Å². The highest BCUT2D eigenvalue weighted by molar-refractivity contribution is 8.15. The first-order valence-corrected chi connectivity index (χ1v) is 12.3. The summed E-state index contributed by atoms with van der Waals surface area (Å²) in [6, 6.07) is 11.8. The number of benzene rings is 2. The molecule has 0 saturated carbocycles. The van der Waals surface area contributed by atoms with Crippen LogP contribution in [-0.2, 0) is 14.4 Å². The molecule has 4 amide bonds. The molecule has 1 saturated heterocycles. The van der Waals surface area contributed by atoms with Crippen molar-refractivity contribution < 1.29 is 19.2 Å². The van der Waals surface area contributed by atoms with Gasteiger partial charge < -0.3 is 20.9 Å². The molecule has 1 fully saturated rings. The highest BCUT2D eigenvalue weighted by Crippen LogP contribution is 2.29. The molecule has 0 bridgehead atoms. The van der Waals surface area contributed by atoms with Gasteiger partial charge in [-0.15, -0.1) is 0 Å². The number of amidine groups is 1. The maximum Gasteiger partial charge on any atom is 0.262 e. The molecule has 182 valence electrons. The lowest BCUT2D eigenvalue weighted by molar-refractivity contribution is -0.121. The summed E-state index contributed by atoms with van der Waals surface area (Å²) in [4.78, 5) is 55.1. The first-order valence-electron chi connectivity index (χ1n) is 11.4. The van der Waals surface area contributed by atoms with Crippen molar-refractivity contribution in [1.82, 2.24) is 4.90 Å². The largest absolute Gasteiger partial charge is 0.351 e. The molecule has 35 heavy (non-hydrogen) atoms. The van der Waals surface area contributed by atoms with E-state index in [0.717, 1.165) is 36.7 Å². The van der Waals surface area contributed by atoms with Crippen LogP contribution >= 0.6 is 11.8 Å². The van der Waals surface area contributed by atoms with E-state index >= 15 is 0 Å². The number of likely N-dealkylation sites (tertiary alicyclic amines) is 1. The second-order valence-electron chi connectivity index (χ2n) is 8.55. The molecule has 2 aromatic rings. The minimum Gasteiger partial charge on any atom is -0.351 e. The summed E-state index contributed by atoms with van der Waals surface area (Å²) in [7, 11) is 0. The van der Waals surface area contributed by atoms with Gasteiger partial charge in [-0.1, -0.05) is 17.8 Å². The van der Waals surface area contributed by atoms with Crippen molar-refractivity contribution >= 4 is 57.6 Å². The molecule has 4 rings (SSSR count). The molecular formula is C25H27N5O4S. The van der Waals surface area contributed by atoms with Crippen LogP contribution in [0.5, 0.6) is 0 Å². The molecule has 2 aromatic carbocycles. The highest BCUT2D eigenvalue weighted by atomic mass is 32.2. The summed E-state index contributed by atoms with van der Waals surface area (Å²) in [5, 5.41) is 8.50. The number of nitrogens with one attached hydrogen (secondary N) is 3. The fourth-order valence-corrected chi connectivity index (χ4v) is 5.01. The topological polar surface area (TPSA) is 120 Å². The van der Waals surface area contributed by atoms with Gasteiger partial charge in [-0.2, -0.15) is 4.99 Å². The monoisotopic (exact) mass is 493 g/mol.